The fourth-order valence-electron chi connectivity index (χ4n) is 1.74. The van der Waals surface area contributed by atoms with E-state index in [0.717, 1.165) is 6.42 Å². The second kappa shape index (κ2) is 3.68. The SMILES string of the molecule is Nc1nc(Cl)c2ncn(/C=C3/C[C@H]3CO)c2n1. The number of hydrogen-bond donors (Lipinski definition) is 2. The van der Waals surface area contributed by atoms with Crippen molar-refractivity contribution in [3.05, 3.63) is 17.1 Å². The fraction of sp³-hybridized carbons (Fsp3) is 0.300. The van der Waals surface area contributed by atoms with Crippen LogP contribution in [0.2, 0.25) is 5.15 Å². The molecule has 0 radical (unpaired) electrons. The molecule has 2 aromatic rings. The molecule has 0 unspecified atom stereocenters. The Balaban J connectivity index is 2.09. The van der Waals surface area contributed by atoms with Gasteiger partial charge < -0.3 is 10.8 Å². The standard InChI is InChI=1S/C10H10ClN5O/c11-8-7-9(15-10(12)14-8)16(4-13-7)2-5-1-6(5)3-17/h2,4,6,17H,1,3H2,(H2,12,14,15)/b5-2-/t6-/m0/s1. The topological polar surface area (TPSA) is 89.8 Å². The van der Waals surface area contributed by atoms with Crippen LogP contribution in [0.3, 0.4) is 0 Å². The summed E-state index contributed by atoms with van der Waals surface area (Å²) in [5.74, 6) is 0.388. The van der Waals surface area contributed by atoms with E-state index >= 15 is 0 Å². The lowest BCUT2D eigenvalue weighted by Crippen LogP contribution is -1.97. The van der Waals surface area contributed by atoms with Crippen molar-refractivity contribution in [1.82, 2.24) is 19.5 Å². The van der Waals surface area contributed by atoms with Gasteiger partial charge in [-0.2, -0.15) is 9.97 Å². The van der Waals surface area contributed by atoms with Crippen molar-refractivity contribution < 1.29 is 5.11 Å². The van der Waals surface area contributed by atoms with Crippen LogP contribution in [0, 0.1) is 5.92 Å². The number of nitrogens with two attached hydrogens (primary N) is 1. The Bertz CT molecular complexity index is 620. The number of aromatic nitrogens is 4. The molecular weight excluding hydrogens is 242 g/mol. The van der Waals surface area contributed by atoms with Crippen molar-refractivity contribution in [2.45, 2.75) is 6.42 Å². The number of aliphatic hydroxyl groups excluding tert-OH is 1. The molecule has 0 saturated heterocycles. The van der Waals surface area contributed by atoms with Gasteiger partial charge in [-0.25, -0.2) is 4.98 Å². The molecular formula is C10H10ClN5O. The number of fused-ring (bicyclic) bond motifs is 1. The number of nitrogens with zero attached hydrogens (tertiary/aromatic N) is 4. The quantitative estimate of drug-likeness (QED) is 0.775. The Hall–Kier alpha value is -1.66. The van der Waals surface area contributed by atoms with Crippen LogP contribution in [0.5, 0.6) is 0 Å². The third-order valence-corrected chi connectivity index (χ3v) is 3.03. The lowest BCUT2D eigenvalue weighted by atomic mass is 10.4. The molecule has 88 valence electrons. The van der Waals surface area contributed by atoms with Gasteiger partial charge in [-0.3, -0.25) is 4.57 Å². The van der Waals surface area contributed by atoms with E-state index in [1.807, 2.05) is 6.20 Å². The van der Waals surface area contributed by atoms with Crippen molar-refractivity contribution in [2.75, 3.05) is 12.3 Å². The summed E-state index contributed by atoms with van der Waals surface area (Å²) in [6, 6.07) is 0. The summed E-state index contributed by atoms with van der Waals surface area (Å²) in [5, 5.41) is 9.22. The number of rotatable bonds is 2. The van der Waals surface area contributed by atoms with Gasteiger partial charge in [0.2, 0.25) is 5.95 Å². The predicted octanol–water partition coefficient (Wildman–Crippen LogP) is 0.915. The molecule has 1 saturated carbocycles. The number of aliphatic hydroxyl groups is 1. The van der Waals surface area contributed by atoms with Gasteiger partial charge in [0.25, 0.3) is 0 Å². The molecule has 3 N–H and O–H groups in total. The van der Waals surface area contributed by atoms with E-state index in [1.54, 1.807) is 10.9 Å². The Morgan fingerprint density at radius 2 is 2.41 bits per heavy atom. The number of nitrogen functional groups attached to an aromatic ring is 1. The summed E-state index contributed by atoms with van der Waals surface area (Å²) in [4.78, 5) is 12.1. The van der Waals surface area contributed by atoms with Crippen LogP contribution in [0.15, 0.2) is 11.9 Å². The third-order valence-electron chi connectivity index (χ3n) is 2.77. The van der Waals surface area contributed by atoms with Crippen LogP contribution in [0.4, 0.5) is 5.95 Å². The highest BCUT2D eigenvalue weighted by molar-refractivity contribution is 6.33. The van der Waals surface area contributed by atoms with Crippen molar-refractivity contribution in [3.63, 3.8) is 0 Å². The highest BCUT2D eigenvalue weighted by atomic mass is 35.5. The van der Waals surface area contributed by atoms with Crippen molar-refractivity contribution in [1.29, 1.82) is 0 Å². The second-order valence-electron chi connectivity index (χ2n) is 3.98. The van der Waals surface area contributed by atoms with E-state index in [4.69, 9.17) is 22.4 Å². The lowest BCUT2D eigenvalue weighted by molar-refractivity contribution is 0.281. The molecule has 6 nitrogen and oxygen atoms in total. The van der Waals surface area contributed by atoms with Gasteiger partial charge in [-0.15, -0.1) is 0 Å². The van der Waals surface area contributed by atoms with Gasteiger partial charge in [0.15, 0.2) is 10.8 Å². The molecule has 1 aliphatic rings. The number of hydrogen-bond acceptors (Lipinski definition) is 5. The molecule has 2 heterocycles. The molecule has 0 aliphatic heterocycles. The van der Waals surface area contributed by atoms with Gasteiger partial charge in [0, 0.05) is 18.7 Å². The first-order chi connectivity index (χ1) is 8.19. The summed E-state index contributed by atoms with van der Waals surface area (Å²) in [6.07, 6.45) is 4.42. The number of anilines is 1. The molecule has 1 atom stereocenters. The summed E-state index contributed by atoms with van der Waals surface area (Å²) in [7, 11) is 0. The maximum absolute atomic E-state index is 8.97. The minimum absolute atomic E-state index is 0.122. The highest BCUT2D eigenvalue weighted by Crippen LogP contribution is 2.37. The first-order valence-electron chi connectivity index (χ1n) is 5.16. The summed E-state index contributed by atoms with van der Waals surface area (Å²) in [6.45, 7) is 0.177. The highest BCUT2D eigenvalue weighted by Gasteiger charge is 2.28. The first kappa shape index (κ1) is 10.5. The van der Waals surface area contributed by atoms with Gasteiger partial charge in [-0.1, -0.05) is 11.6 Å². The van der Waals surface area contributed by atoms with E-state index in [-0.39, 0.29) is 23.6 Å². The normalized spacial score (nSPS) is 21.3. The smallest absolute Gasteiger partial charge is 0.223 e. The molecule has 17 heavy (non-hydrogen) atoms. The first-order valence-corrected chi connectivity index (χ1v) is 5.54. The molecule has 1 fully saturated rings. The Morgan fingerprint density at radius 3 is 3.12 bits per heavy atom. The number of imidazole rings is 1. The zero-order valence-electron chi connectivity index (χ0n) is 8.84. The zero-order valence-corrected chi connectivity index (χ0v) is 9.59. The van der Waals surface area contributed by atoms with Crippen LogP contribution in [-0.2, 0) is 0 Å². The third kappa shape index (κ3) is 1.75. The van der Waals surface area contributed by atoms with Crippen molar-refractivity contribution >= 4 is 34.9 Å². The average molecular weight is 252 g/mol. The van der Waals surface area contributed by atoms with Crippen LogP contribution in [0.25, 0.3) is 17.4 Å². The Labute approximate surface area is 102 Å². The fourth-order valence-corrected chi connectivity index (χ4v) is 1.96. The molecule has 0 spiro atoms. The number of halogens is 1. The van der Waals surface area contributed by atoms with Crippen LogP contribution < -0.4 is 5.73 Å². The predicted molar refractivity (Wildman–Crippen MR) is 64.2 cm³/mol. The second-order valence-corrected chi connectivity index (χ2v) is 4.34. The maximum Gasteiger partial charge on any atom is 0.223 e. The average Bonchev–Trinajstić information content (AvgIpc) is 2.92. The van der Waals surface area contributed by atoms with E-state index in [0.29, 0.717) is 11.2 Å². The van der Waals surface area contributed by atoms with Gasteiger partial charge in [0.1, 0.15) is 11.8 Å². The Morgan fingerprint density at radius 1 is 1.59 bits per heavy atom. The van der Waals surface area contributed by atoms with E-state index < -0.39 is 0 Å². The van der Waals surface area contributed by atoms with Gasteiger partial charge >= 0.3 is 0 Å². The van der Waals surface area contributed by atoms with E-state index in [9.17, 15) is 0 Å². The largest absolute Gasteiger partial charge is 0.396 e. The molecule has 0 bridgehead atoms. The molecule has 0 amide bonds. The van der Waals surface area contributed by atoms with Gasteiger partial charge in [-0.05, 0) is 12.0 Å². The Kier molecular flexibility index (Phi) is 2.27. The van der Waals surface area contributed by atoms with E-state index in [2.05, 4.69) is 15.0 Å². The van der Waals surface area contributed by atoms with Crippen molar-refractivity contribution in [3.8, 4) is 0 Å². The minimum Gasteiger partial charge on any atom is -0.396 e. The molecule has 3 rings (SSSR count). The molecule has 0 aromatic carbocycles. The van der Waals surface area contributed by atoms with Crippen LogP contribution in [-0.4, -0.2) is 31.2 Å². The molecule has 7 heteroatoms. The summed E-state index contributed by atoms with van der Waals surface area (Å²) < 4.78 is 1.75. The monoisotopic (exact) mass is 251 g/mol. The summed E-state index contributed by atoms with van der Waals surface area (Å²) in [5.41, 5.74) is 7.82. The minimum atomic E-state index is 0.122. The molecule has 2 aromatic heterocycles. The van der Waals surface area contributed by atoms with E-state index in [1.165, 1.54) is 5.57 Å². The molecule has 1 aliphatic carbocycles. The maximum atomic E-state index is 8.97. The summed E-state index contributed by atoms with van der Waals surface area (Å²) >= 11 is 5.92. The lowest BCUT2D eigenvalue weighted by Gasteiger charge is -1.97. The van der Waals surface area contributed by atoms with Crippen molar-refractivity contribution in [2.24, 2.45) is 5.92 Å². The van der Waals surface area contributed by atoms with Crippen LogP contribution in [0.1, 0.15) is 6.42 Å². The zero-order chi connectivity index (χ0) is 12.0. The van der Waals surface area contributed by atoms with Crippen LogP contribution >= 0.6 is 11.6 Å². The van der Waals surface area contributed by atoms with Gasteiger partial charge in [0.05, 0.1) is 0 Å².